The highest BCUT2D eigenvalue weighted by Gasteiger charge is 2.09. The standard InChI is InChI=1S/C12H15N5O3/c1-2-16-7-9(6-14-16)5-13-11(18)8-17-4-3-10(15-17)12(19)20/h3-4,6-7H,2,5,8H2,1H3,(H,13,18)(H,19,20). The molecule has 106 valence electrons. The number of hydrogen-bond acceptors (Lipinski definition) is 4. The van der Waals surface area contributed by atoms with E-state index in [9.17, 15) is 9.59 Å². The lowest BCUT2D eigenvalue weighted by atomic mass is 10.3. The molecule has 2 aromatic heterocycles. The maximum Gasteiger partial charge on any atom is 0.356 e. The summed E-state index contributed by atoms with van der Waals surface area (Å²) >= 11 is 0. The Morgan fingerprint density at radius 2 is 2.20 bits per heavy atom. The van der Waals surface area contributed by atoms with Gasteiger partial charge in [0.15, 0.2) is 5.69 Å². The molecule has 2 rings (SSSR count). The lowest BCUT2D eigenvalue weighted by molar-refractivity contribution is -0.122. The molecule has 0 saturated carbocycles. The minimum atomic E-state index is -1.11. The van der Waals surface area contributed by atoms with E-state index in [4.69, 9.17) is 5.11 Å². The van der Waals surface area contributed by atoms with E-state index in [0.29, 0.717) is 6.54 Å². The molecule has 0 radical (unpaired) electrons. The maximum absolute atomic E-state index is 11.7. The third-order valence-corrected chi connectivity index (χ3v) is 2.67. The number of aromatic nitrogens is 4. The Morgan fingerprint density at radius 3 is 2.80 bits per heavy atom. The number of aryl methyl sites for hydroxylation is 1. The minimum Gasteiger partial charge on any atom is -0.476 e. The number of carbonyl (C=O) groups is 2. The SMILES string of the molecule is CCn1cc(CNC(=O)Cn2ccc(C(=O)O)n2)cn1. The van der Waals surface area contributed by atoms with Crippen LogP contribution < -0.4 is 5.32 Å². The fourth-order valence-corrected chi connectivity index (χ4v) is 1.64. The molecule has 0 unspecified atom stereocenters. The van der Waals surface area contributed by atoms with Crippen molar-refractivity contribution in [2.24, 2.45) is 0 Å². The summed E-state index contributed by atoms with van der Waals surface area (Å²) in [4.78, 5) is 22.4. The van der Waals surface area contributed by atoms with Crippen molar-refractivity contribution >= 4 is 11.9 Å². The van der Waals surface area contributed by atoms with Gasteiger partial charge in [-0.25, -0.2) is 4.79 Å². The number of nitrogens with one attached hydrogen (secondary N) is 1. The largest absolute Gasteiger partial charge is 0.476 e. The van der Waals surface area contributed by atoms with Gasteiger partial charge in [-0.15, -0.1) is 0 Å². The predicted molar refractivity (Wildman–Crippen MR) is 68.9 cm³/mol. The molecule has 2 heterocycles. The summed E-state index contributed by atoms with van der Waals surface area (Å²) in [6, 6.07) is 1.35. The zero-order chi connectivity index (χ0) is 14.5. The van der Waals surface area contributed by atoms with Gasteiger partial charge >= 0.3 is 5.97 Å². The van der Waals surface area contributed by atoms with Crippen LogP contribution in [0.2, 0.25) is 0 Å². The second-order valence-electron chi connectivity index (χ2n) is 4.18. The van der Waals surface area contributed by atoms with Gasteiger partial charge in [-0.1, -0.05) is 0 Å². The third kappa shape index (κ3) is 3.44. The quantitative estimate of drug-likeness (QED) is 0.780. The molecular formula is C12H15N5O3. The van der Waals surface area contributed by atoms with Crippen LogP contribution in [0.15, 0.2) is 24.7 Å². The fourth-order valence-electron chi connectivity index (χ4n) is 1.64. The van der Waals surface area contributed by atoms with E-state index < -0.39 is 5.97 Å². The minimum absolute atomic E-state index is 0.0187. The van der Waals surface area contributed by atoms with Crippen LogP contribution >= 0.6 is 0 Å². The molecule has 8 heteroatoms. The smallest absolute Gasteiger partial charge is 0.356 e. The number of carbonyl (C=O) groups excluding carboxylic acids is 1. The first-order valence-corrected chi connectivity index (χ1v) is 6.13. The maximum atomic E-state index is 11.7. The third-order valence-electron chi connectivity index (χ3n) is 2.67. The van der Waals surface area contributed by atoms with Crippen LogP contribution in [0.4, 0.5) is 0 Å². The average Bonchev–Trinajstić information content (AvgIpc) is 3.04. The molecule has 0 aliphatic carbocycles. The molecule has 2 N–H and O–H groups in total. The topological polar surface area (TPSA) is 102 Å². The highest BCUT2D eigenvalue weighted by atomic mass is 16.4. The molecule has 0 saturated heterocycles. The predicted octanol–water partition coefficient (Wildman–Crippen LogP) is 0.114. The summed E-state index contributed by atoms with van der Waals surface area (Å²) in [5.41, 5.74) is 0.828. The van der Waals surface area contributed by atoms with Gasteiger partial charge in [-0.2, -0.15) is 10.2 Å². The van der Waals surface area contributed by atoms with Gasteiger partial charge in [0.05, 0.1) is 6.20 Å². The van der Waals surface area contributed by atoms with E-state index in [1.807, 2.05) is 13.1 Å². The van der Waals surface area contributed by atoms with Crippen LogP contribution in [0.3, 0.4) is 0 Å². The van der Waals surface area contributed by atoms with Gasteiger partial charge in [0, 0.05) is 31.0 Å². The summed E-state index contributed by atoms with van der Waals surface area (Å²) < 4.78 is 3.06. The summed E-state index contributed by atoms with van der Waals surface area (Å²) in [7, 11) is 0. The van der Waals surface area contributed by atoms with Gasteiger partial charge in [0.25, 0.3) is 0 Å². The van der Waals surface area contributed by atoms with Crippen LogP contribution in [0.1, 0.15) is 23.0 Å². The zero-order valence-corrected chi connectivity index (χ0v) is 11.0. The van der Waals surface area contributed by atoms with E-state index in [1.165, 1.54) is 16.9 Å². The first-order valence-electron chi connectivity index (χ1n) is 6.13. The Hall–Kier alpha value is -2.64. The molecule has 0 aliphatic heterocycles. The molecule has 0 atom stereocenters. The van der Waals surface area contributed by atoms with Crippen molar-refractivity contribution in [3.05, 3.63) is 35.9 Å². The zero-order valence-electron chi connectivity index (χ0n) is 11.0. The number of hydrogen-bond donors (Lipinski definition) is 2. The van der Waals surface area contributed by atoms with Gasteiger partial charge in [0.2, 0.25) is 5.91 Å². The molecule has 0 bridgehead atoms. The number of rotatable bonds is 6. The molecule has 0 aliphatic rings. The van der Waals surface area contributed by atoms with Crippen molar-refractivity contribution in [3.8, 4) is 0 Å². The highest BCUT2D eigenvalue weighted by molar-refractivity contribution is 5.85. The summed E-state index contributed by atoms with van der Waals surface area (Å²) in [6.45, 7) is 3.12. The first-order chi connectivity index (χ1) is 9.58. The Balaban J connectivity index is 1.84. The normalized spacial score (nSPS) is 10.4. The average molecular weight is 277 g/mol. The van der Waals surface area contributed by atoms with Crippen molar-refractivity contribution in [3.63, 3.8) is 0 Å². The molecule has 8 nitrogen and oxygen atoms in total. The summed E-state index contributed by atoms with van der Waals surface area (Å²) in [6.07, 6.45) is 5.01. The van der Waals surface area contributed by atoms with Crippen LogP contribution in [0.5, 0.6) is 0 Å². The lowest BCUT2D eigenvalue weighted by Crippen LogP contribution is -2.27. The Morgan fingerprint density at radius 1 is 1.40 bits per heavy atom. The Bertz CT molecular complexity index is 616. The molecule has 0 spiro atoms. The second kappa shape index (κ2) is 6.00. The fraction of sp³-hybridized carbons (Fsp3) is 0.333. The summed E-state index contributed by atoms with van der Waals surface area (Å²) in [5.74, 6) is -1.36. The van der Waals surface area contributed by atoms with Crippen molar-refractivity contribution in [2.45, 2.75) is 26.6 Å². The van der Waals surface area contributed by atoms with E-state index in [2.05, 4.69) is 15.5 Å². The van der Waals surface area contributed by atoms with Crippen molar-refractivity contribution in [1.82, 2.24) is 24.9 Å². The van der Waals surface area contributed by atoms with Gasteiger partial charge in [-0.3, -0.25) is 14.2 Å². The van der Waals surface area contributed by atoms with Gasteiger partial charge in [0.1, 0.15) is 6.54 Å². The van der Waals surface area contributed by atoms with Crippen LogP contribution in [0.25, 0.3) is 0 Å². The number of carboxylic acids is 1. The van der Waals surface area contributed by atoms with Crippen LogP contribution in [-0.2, 0) is 24.4 Å². The molecule has 2 aromatic rings. The second-order valence-corrected chi connectivity index (χ2v) is 4.18. The van der Waals surface area contributed by atoms with E-state index in [-0.39, 0.29) is 18.1 Å². The molecule has 1 amide bonds. The number of aromatic carboxylic acids is 1. The van der Waals surface area contributed by atoms with Gasteiger partial charge < -0.3 is 10.4 Å². The monoisotopic (exact) mass is 277 g/mol. The van der Waals surface area contributed by atoms with Crippen LogP contribution in [-0.4, -0.2) is 36.5 Å². The Labute approximate surface area is 115 Å². The van der Waals surface area contributed by atoms with Crippen molar-refractivity contribution in [2.75, 3.05) is 0 Å². The van der Waals surface area contributed by atoms with Crippen molar-refractivity contribution < 1.29 is 14.7 Å². The molecular weight excluding hydrogens is 262 g/mol. The summed E-state index contributed by atoms with van der Waals surface area (Å²) in [5, 5.41) is 19.3. The lowest BCUT2D eigenvalue weighted by Gasteiger charge is -2.03. The highest BCUT2D eigenvalue weighted by Crippen LogP contribution is 1.98. The number of amides is 1. The molecule has 0 aromatic carbocycles. The number of nitrogens with zero attached hydrogens (tertiary/aromatic N) is 4. The van der Waals surface area contributed by atoms with Crippen LogP contribution in [0, 0.1) is 0 Å². The Kier molecular flexibility index (Phi) is 4.14. The number of carboxylic acid groups (broad SMARTS) is 1. The van der Waals surface area contributed by atoms with E-state index in [1.54, 1.807) is 10.9 Å². The first kappa shape index (κ1) is 13.8. The van der Waals surface area contributed by atoms with Gasteiger partial charge in [-0.05, 0) is 13.0 Å². The molecule has 20 heavy (non-hydrogen) atoms. The van der Waals surface area contributed by atoms with Crippen molar-refractivity contribution in [1.29, 1.82) is 0 Å². The van der Waals surface area contributed by atoms with E-state index >= 15 is 0 Å². The molecule has 0 fully saturated rings. The van der Waals surface area contributed by atoms with E-state index in [0.717, 1.165) is 12.1 Å².